The summed E-state index contributed by atoms with van der Waals surface area (Å²) in [4.78, 5) is 6.78. The molecule has 0 aliphatic heterocycles. The van der Waals surface area contributed by atoms with Crippen LogP contribution < -0.4 is 0 Å². The third kappa shape index (κ3) is 2.44. The highest BCUT2D eigenvalue weighted by Crippen LogP contribution is 2.41. The number of aromatic nitrogens is 1. The Balaban J connectivity index is 3.55. The summed E-state index contributed by atoms with van der Waals surface area (Å²) in [7, 11) is 0. The molecule has 1 rings (SSSR count). The Hall–Kier alpha value is 0.380. The standard InChI is InChI=1S/C5Br4N4/c6-1-3(12-13-10)2(7)5(9)11-4(1)8. The van der Waals surface area contributed by atoms with Gasteiger partial charge in [-0.25, -0.2) is 4.98 Å². The molecule has 0 aliphatic rings. The summed E-state index contributed by atoms with van der Waals surface area (Å²) < 4.78 is 2.37. The average Bonchev–Trinajstić information content (AvgIpc) is 2.09. The van der Waals surface area contributed by atoms with Gasteiger partial charge in [-0.2, -0.15) is 0 Å². The van der Waals surface area contributed by atoms with Crippen LogP contribution in [0.4, 0.5) is 5.69 Å². The van der Waals surface area contributed by atoms with Crippen molar-refractivity contribution in [2.75, 3.05) is 0 Å². The number of azide groups is 1. The summed E-state index contributed by atoms with van der Waals surface area (Å²) >= 11 is 12.9. The molecule has 0 saturated carbocycles. The van der Waals surface area contributed by atoms with Gasteiger partial charge in [-0.15, -0.1) is 0 Å². The Morgan fingerprint density at radius 1 is 1.08 bits per heavy atom. The van der Waals surface area contributed by atoms with Crippen molar-refractivity contribution in [3.8, 4) is 0 Å². The van der Waals surface area contributed by atoms with Crippen molar-refractivity contribution in [2.24, 2.45) is 5.11 Å². The van der Waals surface area contributed by atoms with Gasteiger partial charge in [0.25, 0.3) is 0 Å². The Morgan fingerprint density at radius 3 is 1.92 bits per heavy atom. The van der Waals surface area contributed by atoms with Gasteiger partial charge in [-0.1, -0.05) is 5.11 Å². The summed E-state index contributed by atoms with van der Waals surface area (Å²) in [5.41, 5.74) is 8.77. The first-order valence-electron chi connectivity index (χ1n) is 2.83. The van der Waals surface area contributed by atoms with Crippen LogP contribution in [0.15, 0.2) is 23.3 Å². The first-order valence-corrected chi connectivity index (χ1v) is 6.00. The molecule has 0 spiro atoms. The second-order valence-corrected chi connectivity index (χ2v) is 4.95. The SMILES string of the molecule is [N-]=[N+]=Nc1c(Br)c(Br)nc(Br)c1Br. The molecule has 0 radical (unpaired) electrons. The molecule has 0 N–H and O–H groups in total. The van der Waals surface area contributed by atoms with E-state index >= 15 is 0 Å². The van der Waals surface area contributed by atoms with E-state index in [1.54, 1.807) is 0 Å². The van der Waals surface area contributed by atoms with E-state index in [0.717, 1.165) is 0 Å². The van der Waals surface area contributed by atoms with Gasteiger partial charge >= 0.3 is 0 Å². The molecule has 0 saturated heterocycles. The van der Waals surface area contributed by atoms with Crippen LogP contribution in [0, 0.1) is 0 Å². The van der Waals surface area contributed by atoms with E-state index in [0.29, 0.717) is 23.8 Å². The van der Waals surface area contributed by atoms with E-state index in [9.17, 15) is 0 Å². The summed E-state index contributed by atoms with van der Waals surface area (Å²) in [6, 6.07) is 0. The summed E-state index contributed by atoms with van der Waals surface area (Å²) in [6.45, 7) is 0. The van der Waals surface area contributed by atoms with Gasteiger partial charge in [0.1, 0.15) is 9.21 Å². The molecule has 0 unspecified atom stereocenters. The van der Waals surface area contributed by atoms with Gasteiger partial charge in [-0.05, 0) is 69.3 Å². The predicted octanol–water partition coefficient (Wildman–Crippen LogP) is 5.07. The van der Waals surface area contributed by atoms with E-state index in [1.807, 2.05) is 0 Å². The molecule has 0 aliphatic carbocycles. The largest absolute Gasteiger partial charge is 0.232 e. The second kappa shape index (κ2) is 4.75. The highest BCUT2D eigenvalue weighted by molar-refractivity contribution is 9.14. The van der Waals surface area contributed by atoms with Gasteiger partial charge in [0.2, 0.25) is 0 Å². The van der Waals surface area contributed by atoms with E-state index in [1.165, 1.54) is 0 Å². The van der Waals surface area contributed by atoms with Crippen molar-refractivity contribution in [1.82, 2.24) is 4.98 Å². The number of pyridine rings is 1. The summed E-state index contributed by atoms with van der Waals surface area (Å²) in [5, 5.41) is 3.51. The van der Waals surface area contributed by atoms with Gasteiger partial charge < -0.3 is 0 Å². The second-order valence-electron chi connectivity index (χ2n) is 1.86. The summed E-state index contributed by atoms with van der Waals surface area (Å²) in [5.74, 6) is 0. The van der Waals surface area contributed by atoms with E-state index < -0.39 is 0 Å². The molecule has 1 heterocycles. The molecule has 13 heavy (non-hydrogen) atoms. The topological polar surface area (TPSA) is 61.7 Å². The predicted molar refractivity (Wildman–Crippen MR) is 63.8 cm³/mol. The molecule has 0 amide bonds. The van der Waals surface area contributed by atoms with Crippen LogP contribution in [0.1, 0.15) is 0 Å². The lowest BCUT2D eigenvalue weighted by atomic mass is 10.4. The number of hydrogen-bond acceptors (Lipinski definition) is 2. The first kappa shape index (κ1) is 11.5. The molecule has 1 aromatic rings. The average molecular weight is 436 g/mol. The number of hydrogen-bond donors (Lipinski definition) is 0. The van der Waals surface area contributed by atoms with Crippen LogP contribution in [0.25, 0.3) is 10.4 Å². The minimum atomic E-state index is 0.455. The Labute approximate surface area is 107 Å². The molecule has 0 atom stereocenters. The van der Waals surface area contributed by atoms with E-state index in [2.05, 4.69) is 78.7 Å². The van der Waals surface area contributed by atoms with E-state index in [4.69, 9.17) is 5.53 Å². The molecule has 0 fully saturated rings. The Morgan fingerprint density at radius 2 is 1.54 bits per heavy atom. The third-order valence-electron chi connectivity index (χ3n) is 1.12. The first-order chi connectivity index (χ1) is 6.07. The smallest absolute Gasteiger partial charge is 0.122 e. The maximum atomic E-state index is 8.32. The van der Waals surface area contributed by atoms with Crippen LogP contribution in [0.5, 0.6) is 0 Å². The molecule has 0 bridgehead atoms. The number of rotatable bonds is 1. The van der Waals surface area contributed by atoms with Crippen LogP contribution in [-0.2, 0) is 0 Å². The molecular formula is C5Br4N4. The zero-order chi connectivity index (χ0) is 10.0. The van der Waals surface area contributed by atoms with Gasteiger partial charge in [0.15, 0.2) is 0 Å². The van der Waals surface area contributed by atoms with Gasteiger partial charge in [0.05, 0.1) is 14.6 Å². The van der Waals surface area contributed by atoms with Crippen molar-refractivity contribution in [3.63, 3.8) is 0 Å². The minimum Gasteiger partial charge on any atom is -0.232 e. The molecular weight excluding hydrogens is 436 g/mol. The number of nitrogens with zero attached hydrogens (tertiary/aromatic N) is 4. The molecule has 1 aromatic heterocycles. The molecule has 68 valence electrons. The fourth-order valence-corrected chi connectivity index (χ4v) is 2.58. The maximum absolute atomic E-state index is 8.32. The van der Waals surface area contributed by atoms with Crippen molar-refractivity contribution < 1.29 is 0 Å². The highest BCUT2D eigenvalue weighted by atomic mass is 79.9. The lowest BCUT2D eigenvalue weighted by Gasteiger charge is -2.04. The fourth-order valence-electron chi connectivity index (χ4n) is 0.609. The molecule has 8 heteroatoms. The Kier molecular flexibility index (Phi) is 4.18. The van der Waals surface area contributed by atoms with Crippen molar-refractivity contribution in [2.45, 2.75) is 0 Å². The van der Waals surface area contributed by atoms with Gasteiger partial charge in [-0.3, -0.25) is 0 Å². The van der Waals surface area contributed by atoms with Crippen LogP contribution in [0.3, 0.4) is 0 Å². The fraction of sp³-hybridized carbons (Fsp3) is 0. The normalized spacial score (nSPS) is 9.54. The van der Waals surface area contributed by atoms with Crippen LogP contribution in [0.2, 0.25) is 0 Å². The highest BCUT2D eigenvalue weighted by Gasteiger charge is 2.12. The van der Waals surface area contributed by atoms with Crippen molar-refractivity contribution >= 4 is 69.4 Å². The number of halogens is 4. The van der Waals surface area contributed by atoms with Crippen LogP contribution in [-0.4, -0.2) is 4.98 Å². The van der Waals surface area contributed by atoms with Gasteiger partial charge in [0, 0.05) is 4.91 Å². The third-order valence-corrected chi connectivity index (χ3v) is 4.83. The molecule has 0 aromatic carbocycles. The minimum absolute atomic E-state index is 0.455. The van der Waals surface area contributed by atoms with Crippen LogP contribution >= 0.6 is 63.7 Å². The monoisotopic (exact) mass is 432 g/mol. The lowest BCUT2D eigenvalue weighted by molar-refractivity contribution is 1.18. The summed E-state index contributed by atoms with van der Waals surface area (Å²) in [6.07, 6.45) is 0. The zero-order valence-electron chi connectivity index (χ0n) is 5.80. The van der Waals surface area contributed by atoms with E-state index in [-0.39, 0.29) is 0 Å². The maximum Gasteiger partial charge on any atom is 0.122 e. The zero-order valence-corrected chi connectivity index (χ0v) is 12.1. The van der Waals surface area contributed by atoms with Crippen molar-refractivity contribution in [1.29, 1.82) is 0 Å². The lowest BCUT2D eigenvalue weighted by Crippen LogP contribution is -1.83. The quantitative estimate of drug-likeness (QED) is 0.263. The molecule has 4 nitrogen and oxygen atoms in total. The Bertz CT molecular complexity index is 372. The van der Waals surface area contributed by atoms with Crippen molar-refractivity contribution in [3.05, 3.63) is 28.6 Å².